The molecule has 1 heterocycles. The Morgan fingerprint density at radius 2 is 1.43 bits per heavy atom. The number of benzene rings is 1. The summed E-state index contributed by atoms with van der Waals surface area (Å²) in [6.45, 7) is 3.58. The van der Waals surface area contributed by atoms with Gasteiger partial charge in [0.1, 0.15) is 11.4 Å². The van der Waals surface area contributed by atoms with Gasteiger partial charge in [-0.2, -0.15) is 0 Å². The van der Waals surface area contributed by atoms with E-state index in [-0.39, 0.29) is 52.9 Å². The first kappa shape index (κ1) is 28.6. The van der Waals surface area contributed by atoms with Crippen LogP contribution in [0.5, 0.6) is 0 Å². The van der Waals surface area contributed by atoms with Crippen LogP contribution in [0.3, 0.4) is 0 Å². The molecule has 0 aliphatic heterocycles. The minimum Gasteiger partial charge on any atom is -0.462 e. The molecule has 8 nitrogen and oxygen atoms in total. The molecule has 0 unspecified atom stereocenters. The zero-order valence-corrected chi connectivity index (χ0v) is 20.3. The van der Waals surface area contributed by atoms with Gasteiger partial charge in [-0.3, -0.25) is 10.1 Å². The fourth-order valence-corrected chi connectivity index (χ4v) is 3.44. The molecule has 0 bridgehead atoms. The Kier molecular flexibility index (Phi) is 11.5. The topological polar surface area (TPSA) is 101 Å². The van der Waals surface area contributed by atoms with Gasteiger partial charge in [0.15, 0.2) is 0 Å². The molecule has 0 saturated heterocycles. The van der Waals surface area contributed by atoms with Crippen LogP contribution in [0.4, 0.5) is 5.69 Å². The van der Waals surface area contributed by atoms with Gasteiger partial charge in [0.2, 0.25) is 0 Å². The van der Waals surface area contributed by atoms with E-state index in [1.807, 2.05) is 32.1 Å². The first-order valence-corrected chi connectivity index (χ1v) is 10.7. The van der Waals surface area contributed by atoms with Crippen molar-refractivity contribution >= 4 is 17.6 Å². The van der Waals surface area contributed by atoms with E-state index in [0.29, 0.717) is 11.5 Å². The normalized spacial score (nSPS) is 15.0. The monoisotopic (exact) mass is 516 g/mol. The van der Waals surface area contributed by atoms with Crippen LogP contribution in [0.25, 0.3) is 5.69 Å². The molecular formula is C26H24FeN2O6+2. The van der Waals surface area contributed by atoms with Crippen molar-refractivity contribution in [2.45, 2.75) is 13.8 Å². The molecule has 1 aromatic heterocycles. The Balaban J connectivity index is 0.000000640. The Morgan fingerprint density at radius 3 is 1.97 bits per heavy atom. The minimum atomic E-state index is -0.697. The third-order valence-corrected chi connectivity index (χ3v) is 4.81. The molecule has 10 radical (unpaired) electrons. The van der Waals surface area contributed by atoms with Crippen molar-refractivity contribution in [2.24, 2.45) is 0 Å². The number of nitro benzene ring substituents is 1. The molecule has 2 aliphatic rings. The van der Waals surface area contributed by atoms with Crippen molar-refractivity contribution in [3.05, 3.63) is 121 Å². The van der Waals surface area contributed by atoms with Crippen molar-refractivity contribution in [1.82, 2.24) is 4.57 Å². The van der Waals surface area contributed by atoms with Crippen molar-refractivity contribution < 1.29 is 41.1 Å². The Morgan fingerprint density at radius 1 is 0.886 bits per heavy atom. The van der Waals surface area contributed by atoms with E-state index in [1.165, 1.54) is 29.0 Å². The molecule has 180 valence electrons. The van der Waals surface area contributed by atoms with Gasteiger partial charge in [0, 0.05) is 23.7 Å². The summed E-state index contributed by atoms with van der Waals surface area (Å²) in [5.41, 5.74) is 0.390. The summed E-state index contributed by atoms with van der Waals surface area (Å²) in [5.74, 6) is -0.725. The van der Waals surface area contributed by atoms with Crippen molar-refractivity contribution in [2.75, 3.05) is 13.2 Å². The van der Waals surface area contributed by atoms with Crippen LogP contribution in [0.1, 0.15) is 40.3 Å². The van der Waals surface area contributed by atoms with Crippen LogP contribution < -0.4 is 0 Å². The number of nitrogens with zero attached hydrogens (tertiary/aromatic N) is 2. The third kappa shape index (κ3) is 6.95. The number of nitro groups is 1. The summed E-state index contributed by atoms with van der Waals surface area (Å²) in [4.78, 5) is 36.5. The van der Waals surface area contributed by atoms with Gasteiger partial charge in [-0.15, -0.1) is 0 Å². The number of esters is 2. The van der Waals surface area contributed by atoms with Crippen molar-refractivity contribution in [3.8, 4) is 5.69 Å². The molecule has 2 aromatic rings. The van der Waals surface area contributed by atoms with E-state index in [4.69, 9.17) is 9.47 Å². The summed E-state index contributed by atoms with van der Waals surface area (Å²) < 4.78 is 11.7. The summed E-state index contributed by atoms with van der Waals surface area (Å²) in [6.07, 6.45) is 18.4. The van der Waals surface area contributed by atoms with Crippen LogP contribution in [0.15, 0.2) is 30.5 Å². The molecule has 0 amide bonds. The second-order valence-corrected chi connectivity index (χ2v) is 6.96. The number of para-hydroxylation sites is 2. The molecule has 35 heavy (non-hydrogen) atoms. The first-order valence-electron chi connectivity index (χ1n) is 10.7. The molecule has 2 fully saturated rings. The number of carbonyl (C=O) groups is 2. The second-order valence-electron chi connectivity index (χ2n) is 6.96. The van der Waals surface area contributed by atoms with Crippen molar-refractivity contribution in [3.63, 3.8) is 0 Å². The van der Waals surface area contributed by atoms with Crippen LogP contribution in [-0.2, 0) is 26.5 Å². The largest absolute Gasteiger partial charge is 2.00 e. The molecule has 9 heteroatoms. The summed E-state index contributed by atoms with van der Waals surface area (Å²) >= 11 is 0. The van der Waals surface area contributed by atoms with Crippen LogP contribution in [-0.4, -0.2) is 34.6 Å². The van der Waals surface area contributed by atoms with Crippen LogP contribution >= 0.6 is 0 Å². The zero-order chi connectivity index (χ0) is 24.5. The molecule has 2 aliphatic carbocycles. The fraction of sp³-hybridized carbons (Fsp3) is 0.154. The molecule has 4 rings (SSSR count). The van der Waals surface area contributed by atoms with Crippen molar-refractivity contribution in [1.29, 1.82) is 0 Å². The van der Waals surface area contributed by atoms with E-state index in [0.717, 1.165) is 0 Å². The molecular weight excluding hydrogens is 492 g/mol. The average Bonchev–Trinajstić information content (AvgIpc) is 3.61. The Bertz CT molecular complexity index is 1000. The van der Waals surface area contributed by atoms with E-state index in [2.05, 4.69) is 0 Å². The fourth-order valence-electron chi connectivity index (χ4n) is 3.44. The van der Waals surface area contributed by atoms with E-state index >= 15 is 0 Å². The van der Waals surface area contributed by atoms with Gasteiger partial charge < -0.3 is 14.0 Å². The van der Waals surface area contributed by atoms with Gasteiger partial charge >= 0.3 is 29.0 Å². The van der Waals surface area contributed by atoms with Gasteiger partial charge in [0.05, 0.1) is 23.7 Å². The van der Waals surface area contributed by atoms with E-state index < -0.39 is 16.9 Å². The second kappa shape index (κ2) is 14.0. The summed E-state index contributed by atoms with van der Waals surface area (Å²) in [6, 6.07) is 5.98. The Labute approximate surface area is 217 Å². The predicted octanol–water partition coefficient (Wildman–Crippen LogP) is 4.51. The Hall–Kier alpha value is -2.64. The molecule has 2 saturated carbocycles. The maximum absolute atomic E-state index is 12.9. The van der Waals surface area contributed by atoms with Gasteiger partial charge in [-0.1, -0.05) is 12.1 Å². The van der Waals surface area contributed by atoms with Crippen LogP contribution in [0.2, 0.25) is 0 Å². The first-order chi connectivity index (χ1) is 16.5. The predicted molar refractivity (Wildman–Crippen MR) is 125 cm³/mol. The number of ether oxygens (including phenoxy) is 2. The van der Waals surface area contributed by atoms with Crippen LogP contribution in [0, 0.1) is 73.8 Å². The smallest absolute Gasteiger partial charge is 0.462 e. The third-order valence-electron chi connectivity index (χ3n) is 4.81. The molecule has 0 atom stereocenters. The van der Waals surface area contributed by atoms with Gasteiger partial charge in [-0.05, 0) is 77.7 Å². The standard InChI is InChI=1S/C21H19N2O6.C5H5.Fe/c1-3-28-20(24)15-13-22(16-11-7-8-12-17(16)23(26)27)19(21(25)29-4-2)18(15)14-9-5-6-10-14;1-2-4-5-3-1;/h5-13H,3-4H2,1-2H3;1-5H;/q;;+2. The maximum atomic E-state index is 12.9. The molecule has 1 aromatic carbocycles. The minimum absolute atomic E-state index is 0. The molecule has 0 N–H and O–H groups in total. The van der Waals surface area contributed by atoms with Gasteiger partial charge in [0.25, 0.3) is 5.69 Å². The number of carbonyl (C=O) groups excluding carboxylic acids is 2. The quantitative estimate of drug-likeness (QED) is 0.232. The zero-order valence-electron chi connectivity index (χ0n) is 19.2. The SMILES string of the molecule is CCOC(=O)c1cn(-c2ccccc2[N+](=O)[O-])c(C(=O)OCC)c1[C]1[CH][CH][CH][CH]1.[CH]1[CH][CH][CH][CH]1.[Fe+2]. The number of hydrogen-bond donors (Lipinski definition) is 0. The summed E-state index contributed by atoms with van der Waals surface area (Å²) in [7, 11) is 0. The summed E-state index contributed by atoms with van der Waals surface area (Å²) in [5, 5.41) is 11.5. The number of aromatic nitrogens is 1. The van der Waals surface area contributed by atoms with E-state index in [1.54, 1.807) is 45.6 Å². The molecule has 0 spiro atoms. The number of hydrogen-bond acceptors (Lipinski definition) is 6. The van der Waals surface area contributed by atoms with E-state index in [9.17, 15) is 19.7 Å². The maximum Gasteiger partial charge on any atom is 2.00 e. The number of rotatable bonds is 7. The average molecular weight is 516 g/mol. The van der Waals surface area contributed by atoms with Gasteiger partial charge in [-0.25, -0.2) is 9.59 Å².